The first kappa shape index (κ1) is 11.9. The zero-order valence-electron chi connectivity index (χ0n) is 10.3. The van der Waals surface area contributed by atoms with E-state index in [0.717, 1.165) is 30.0 Å². The summed E-state index contributed by atoms with van der Waals surface area (Å²) in [5.41, 5.74) is 1.56. The molecule has 0 saturated heterocycles. The van der Waals surface area contributed by atoms with E-state index < -0.39 is 0 Å². The third-order valence-corrected chi connectivity index (χ3v) is 4.86. The molecule has 2 bridgehead atoms. The van der Waals surface area contributed by atoms with Gasteiger partial charge in [-0.1, -0.05) is 18.0 Å². The lowest BCUT2D eigenvalue weighted by molar-refractivity contribution is 0.348. The predicted octanol–water partition coefficient (Wildman–Crippen LogP) is 4.06. The van der Waals surface area contributed by atoms with Crippen molar-refractivity contribution < 1.29 is 0 Å². The summed E-state index contributed by atoms with van der Waals surface area (Å²) >= 11 is 6.15. The topological polar surface area (TPSA) is 35.8 Å². The molecule has 2 aliphatic carbocycles. The lowest BCUT2D eigenvalue weighted by Crippen LogP contribution is -2.20. The monoisotopic (exact) mass is 260 g/mol. The van der Waals surface area contributed by atoms with Crippen LogP contribution in [-0.2, 0) is 0 Å². The Morgan fingerprint density at radius 1 is 1.33 bits per heavy atom. The van der Waals surface area contributed by atoms with Crippen LogP contribution < -0.4 is 5.32 Å². The number of hydrogen-bond donors (Lipinski definition) is 1. The number of hydrogen-bond acceptors (Lipinski definition) is 2. The largest absolute Gasteiger partial charge is 0.384 e. The summed E-state index contributed by atoms with van der Waals surface area (Å²) in [7, 11) is 0. The molecule has 3 atom stereocenters. The molecule has 18 heavy (non-hydrogen) atoms. The fourth-order valence-electron chi connectivity index (χ4n) is 3.60. The molecule has 0 spiro atoms. The molecule has 0 heterocycles. The Bertz CT molecular complexity index is 492. The molecular weight excluding hydrogens is 244 g/mol. The van der Waals surface area contributed by atoms with Gasteiger partial charge in [0, 0.05) is 6.54 Å². The lowest BCUT2D eigenvalue weighted by Gasteiger charge is -2.22. The molecule has 3 unspecified atom stereocenters. The van der Waals surface area contributed by atoms with Crippen molar-refractivity contribution in [2.45, 2.75) is 25.7 Å². The van der Waals surface area contributed by atoms with Crippen molar-refractivity contribution >= 4 is 17.3 Å². The number of anilines is 1. The van der Waals surface area contributed by atoms with Crippen LogP contribution in [0.1, 0.15) is 31.2 Å². The van der Waals surface area contributed by atoms with E-state index in [0.29, 0.717) is 10.6 Å². The maximum atomic E-state index is 8.90. The lowest BCUT2D eigenvalue weighted by atomic mass is 9.89. The van der Waals surface area contributed by atoms with Crippen LogP contribution in [-0.4, -0.2) is 6.54 Å². The Labute approximate surface area is 113 Å². The van der Waals surface area contributed by atoms with Crippen LogP contribution in [0.3, 0.4) is 0 Å². The first-order chi connectivity index (χ1) is 8.76. The highest BCUT2D eigenvalue weighted by Crippen LogP contribution is 2.48. The van der Waals surface area contributed by atoms with Crippen molar-refractivity contribution in [3.63, 3.8) is 0 Å². The zero-order chi connectivity index (χ0) is 12.5. The van der Waals surface area contributed by atoms with Crippen molar-refractivity contribution in [3.05, 3.63) is 28.8 Å². The van der Waals surface area contributed by atoms with E-state index in [2.05, 4.69) is 11.4 Å². The van der Waals surface area contributed by atoms with Crippen molar-refractivity contribution in [1.82, 2.24) is 0 Å². The molecule has 1 aromatic rings. The minimum Gasteiger partial charge on any atom is -0.384 e. The maximum absolute atomic E-state index is 8.90. The Kier molecular flexibility index (Phi) is 3.18. The fourth-order valence-corrected chi connectivity index (χ4v) is 3.78. The summed E-state index contributed by atoms with van der Waals surface area (Å²) in [5, 5.41) is 13.0. The van der Waals surface area contributed by atoms with Crippen LogP contribution in [0.2, 0.25) is 5.02 Å². The first-order valence-corrected chi connectivity index (χ1v) is 7.07. The van der Waals surface area contributed by atoms with Gasteiger partial charge in [0.2, 0.25) is 0 Å². The molecule has 2 aliphatic rings. The van der Waals surface area contributed by atoms with Gasteiger partial charge in [0.25, 0.3) is 0 Å². The van der Waals surface area contributed by atoms with E-state index in [1.54, 1.807) is 12.1 Å². The Morgan fingerprint density at radius 2 is 2.22 bits per heavy atom. The SMILES string of the molecule is N#Cc1ccc(Cl)c(NCC2CC3CCC2C3)c1. The quantitative estimate of drug-likeness (QED) is 0.890. The van der Waals surface area contributed by atoms with Gasteiger partial charge < -0.3 is 5.32 Å². The predicted molar refractivity (Wildman–Crippen MR) is 73.6 cm³/mol. The van der Waals surface area contributed by atoms with Crippen LogP contribution in [0.4, 0.5) is 5.69 Å². The summed E-state index contributed by atoms with van der Waals surface area (Å²) < 4.78 is 0. The number of fused-ring (bicyclic) bond motifs is 2. The van der Waals surface area contributed by atoms with E-state index in [4.69, 9.17) is 16.9 Å². The smallest absolute Gasteiger partial charge is 0.0992 e. The maximum Gasteiger partial charge on any atom is 0.0992 e. The van der Waals surface area contributed by atoms with Crippen LogP contribution in [0, 0.1) is 29.1 Å². The van der Waals surface area contributed by atoms with E-state index in [1.807, 2.05) is 6.07 Å². The van der Waals surface area contributed by atoms with Crippen molar-refractivity contribution in [1.29, 1.82) is 5.26 Å². The number of nitriles is 1. The van der Waals surface area contributed by atoms with Gasteiger partial charge in [0.15, 0.2) is 0 Å². The minimum absolute atomic E-state index is 0.662. The number of nitrogens with zero attached hydrogens (tertiary/aromatic N) is 1. The van der Waals surface area contributed by atoms with Gasteiger partial charge in [-0.25, -0.2) is 0 Å². The van der Waals surface area contributed by atoms with Crippen LogP contribution in [0.25, 0.3) is 0 Å². The molecule has 2 nitrogen and oxygen atoms in total. The summed E-state index contributed by atoms with van der Waals surface area (Å²) in [6.45, 7) is 0.996. The summed E-state index contributed by atoms with van der Waals surface area (Å²) in [6, 6.07) is 7.54. The average molecular weight is 261 g/mol. The van der Waals surface area contributed by atoms with Gasteiger partial charge in [0.1, 0.15) is 0 Å². The second kappa shape index (κ2) is 4.82. The third kappa shape index (κ3) is 2.20. The molecular formula is C15H17ClN2. The van der Waals surface area contributed by atoms with E-state index in [-0.39, 0.29) is 0 Å². The highest BCUT2D eigenvalue weighted by atomic mass is 35.5. The average Bonchev–Trinajstić information content (AvgIpc) is 3.00. The van der Waals surface area contributed by atoms with Gasteiger partial charge in [0.05, 0.1) is 22.3 Å². The van der Waals surface area contributed by atoms with Gasteiger partial charge >= 0.3 is 0 Å². The molecule has 0 aromatic heterocycles. The Morgan fingerprint density at radius 3 is 2.89 bits per heavy atom. The van der Waals surface area contributed by atoms with Crippen molar-refractivity contribution in [2.24, 2.45) is 17.8 Å². The molecule has 3 rings (SSSR count). The van der Waals surface area contributed by atoms with Crippen LogP contribution in [0.5, 0.6) is 0 Å². The molecule has 0 radical (unpaired) electrons. The van der Waals surface area contributed by atoms with Gasteiger partial charge in [-0.3, -0.25) is 0 Å². The summed E-state index contributed by atoms with van der Waals surface area (Å²) in [4.78, 5) is 0. The van der Waals surface area contributed by atoms with E-state index in [1.165, 1.54) is 25.7 Å². The second-order valence-electron chi connectivity index (χ2n) is 5.62. The number of rotatable bonds is 3. The van der Waals surface area contributed by atoms with E-state index >= 15 is 0 Å². The van der Waals surface area contributed by atoms with Gasteiger partial charge in [-0.15, -0.1) is 0 Å². The summed E-state index contributed by atoms with van der Waals surface area (Å²) in [6.07, 6.45) is 5.64. The number of benzene rings is 1. The second-order valence-corrected chi connectivity index (χ2v) is 6.03. The van der Waals surface area contributed by atoms with Gasteiger partial charge in [-0.05, 0) is 55.2 Å². The summed E-state index contributed by atoms with van der Waals surface area (Å²) in [5.74, 6) is 2.69. The number of halogens is 1. The highest BCUT2D eigenvalue weighted by Gasteiger charge is 2.39. The first-order valence-electron chi connectivity index (χ1n) is 6.70. The fraction of sp³-hybridized carbons (Fsp3) is 0.533. The Hall–Kier alpha value is -1.20. The van der Waals surface area contributed by atoms with Crippen molar-refractivity contribution in [3.8, 4) is 6.07 Å². The standard InChI is InChI=1S/C15H17ClN2/c16-14-4-2-11(8-17)7-15(14)18-9-13-6-10-1-3-12(13)5-10/h2,4,7,10,12-13,18H,1,3,5-6,9H2. The molecule has 1 N–H and O–H groups in total. The molecule has 94 valence electrons. The van der Waals surface area contributed by atoms with Crippen molar-refractivity contribution in [2.75, 3.05) is 11.9 Å². The minimum atomic E-state index is 0.662. The normalized spacial score (nSPS) is 29.2. The Balaban J connectivity index is 1.65. The molecule has 0 amide bonds. The number of nitrogens with one attached hydrogen (secondary N) is 1. The molecule has 0 aliphatic heterocycles. The molecule has 2 fully saturated rings. The van der Waals surface area contributed by atoms with Gasteiger partial charge in [-0.2, -0.15) is 5.26 Å². The molecule has 2 saturated carbocycles. The zero-order valence-corrected chi connectivity index (χ0v) is 11.1. The van der Waals surface area contributed by atoms with Crippen LogP contribution >= 0.6 is 11.6 Å². The van der Waals surface area contributed by atoms with E-state index in [9.17, 15) is 0 Å². The highest BCUT2D eigenvalue weighted by molar-refractivity contribution is 6.33. The third-order valence-electron chi connectivity index (χ3n) is 4.53. The molecule has 3 heteroatoms. The molecule has 1 aromatic carbocycles. The van der Waals surface area contributed by atoms with Crippen LogP contribution in [0.15, 0.2) is 18.2 Å².